The van der Waals surface area contributed by atoms with Crippen molar-refractivity contribution in [3.63, 3.8) is 0 Å². The van der Waals surface area contributed by atoms with E-state index in [2.05, 4.69) is 10.6 Å². The van der Waals surface area contributed by atoms with Gasteiger partial charge in [0.25, 0.3) is 0 Å². The molecule has 1 aromatic carbocycles. The predicted octanol–water partition coefficient (Wildman–Crippen LogP) is 1.32. The van der Waals surface area contributed by atoms with Gasteiger partial charge in [-0.05, 0) is 50.2 Å². The molecule has 0 saturated carbocycles. The molecule has 2 aromatic rings. The number of fused-ring (bicyclic) bond motifs is 1. The van der Waals surface area contributed by atoms with Crippen LogP contribution in [-0.4, -0.2) is 38.4 Å². The maximum Gasteiger partial charge on any atom is 0.336 e. The molecule has 1 aliphatic heterocycles. The Morgan fingerprint density at radius 1 is 1.20 bits per heavy atom. The summed E-state index contributed by atoms with van der Waals surface area (Å²) in [6.45, 7) is 0.951. The van der Waals surface area contributed by atoms with Crippen LogP contribution in [0.15, 0.2) is 39.5 Å². The molecule has 3 rings (SSSR count). The second-order valence-electron chi connectivity index (χ2n) is 5.98. The average Bonchev–Trinajstić information content (AvgIpc) is 2.54. The summed E-state index contributed by atoms with van der Waals surface area (Å²) < 4.78 is 28.1. The SMILES string of the molecule is CS(=O)(=O)C1(C(=O)Nc2ccc3oc(=O)ccc3c2)CCNCC1.Cl. The van der Waals surface area contributed by atoms with E-state index in [0.717, 1.165) is 6.26 Å². The van der Waals surface area contributed by atoms with Crippen LogP contribution in [0.5, 0.6) is 0 Å². The van der Waals surface area contributed by atoms with E-state index in [1.165, 1.54) is 6.07 Å². The quantitative estimate of drug-likeness (QED) is 0.771. The zero-order chi connectivity index (χ0) is 17.4. The molecule has 0 spiro atoms. The molecule has 1 saturated heterocycles. The van der Waals surface area contributed by atoms with E-state index >= 15 is 0 Å². The minimum absolute atomic E-state index is 0. The number of carbonyl (C=O) groups is 1. The number of nitrogens with one attached hydrogen (secondary N) is 2. The zero-order valence-electron chi connectivity index (χ0n) is 13.6. The standard InChI is InChI=1S/C16H18N2O5S.ClH/c1-24(21,22)16(6-8-17-9-7-16)15(20)18-12-3-4-13-11(10-12)2-5-14(19)23-13;/h2-5,10,17H,6-9H2,1H3,(H,18,20);1H. The van der Waals surface area contributed by atoms with Crippen molar-refractivity contribution in [2.75, 3.05) is 24.7 Å². The lowest BCUT2D eigenvalue weighted by molar-refractivity contribution is -0.119. The molecule has 1 aromatic heterocycles. The molecule has 1 fully saturated rings. The molecular formula is C16H19ClN2O5S. The van der Waals surface area contributed by atoms with Gasteiger partial charge in [0.15, 0.2) is 14.6 Å². The Morgan fingerprint density at radius 3 is 2.52 bits per heavy atom. The molecule has 0 radical (unpaired) electrons. The molecule has 9 heteroatoms. The minimum atomic E-state index is -3.57. The molecule has 2 heterocycles. The fourth-order valence-corrected chi connectivity index (χ4v) is 4.32. The fraction of sp³-hybridized carbons (Fsp3) is 0.375. The molecule has 7 nitrogen and oxygen atoms in total. The summed E-state index contributed by atoms with van der Waals surface area (Å²) in [4.78, 5) is 23.9. The summed E-state index contributed by atoms with van der Waals surface area (Å²) in [5, 5.41) is 6.42. The first kappa shape index (κ1) is 19.4. The molecule has 1 amide bonds. The summed E-state index contributed by atoms with van der Waals surface area (Å²) in [5.41, 5.74) is 0.410. The van der Waals surface area contributed by atoms with Crippen molar-refractivity contribution >= 4 is 44.8 Å². The van der Waals surface area contributed by atoms with Crippen LogP contribution >= 0.6 is 12.4 Å². The van der Waals surface area contributed by atoms with Gasteiger partial charge < -0.3 is 15.1 Å². The van der Waals surface area contributed by atoms with E-state index in [1.54, 1.807) is 24.3 Å². The number of carbonyl (C=O) groups excluding carboxylic acids is 1. The van der Waals surface area contributed by atoms with Gasteiger partial charge in [0.05, 0.1) is 0 Å². The van der Waals surface area contributed by atoms with Gasteiger partial charge >= 0.3 is 5.63 Å². The Balaban J connectivity index is 0.00000225. The topological polar surface area (TPSA) is 105 Å². The Labute approximate surface area is 151 Å². The third-order valence-corrected chi connectivity index (χ3v) is 6.43. The third-order valence-electron chi connectivity index (χ3n) is 4.41. The molecule has 25 heavy (non-hydrogen) atoms. The van der Waals surface area contributed by atoms with Crippen molar-refractivity contribution in [3.05, 3.63) is 40.8 Å². The molecule has 1 aliphatic rings. The molecule has 136 valence electrons. The third kappa shape index (κ3) is 3.70. The highest BCUT2D eigenvalue weighted by Gasteiger charge is 2.48. The van der Waals surface area contributed by atoms with Gasteiger partial charge in [-0.2, -0.15) is 0 Å². The van der Waals surface area contributed by atoms with Crippen LogP contribution in [-0.2, 0) is 14.6 Å². The number of halogens is 1. The van der Waals surface area contributed by atoms with Gasteiger partial charge in [0.1, 0.15) is 5.58 Å². The van der Waals surface area contributed by atoms with E-state index in [9.17, 15) is 18.0 Å². The van der Waals surface area contributed by atoms with Crippen LogP contribution in [0.1, 0.15) is 12.8 Å². The summed E-state index contributed by atoms with van der Waals surface area (Å²) in [6, 6.07) is 7.68. The lowest BCUT2D eigenvalue weighted by Crippen LogP contribution is -2.55. The van der Waals surface area contributed by atoms with Crippen LogP contribution < -0.4 is 16.3 Å². The van der Waals surface area contributed by atoms with Crippen molar-refractivity contribution in [1.82, 2.24) is 5.32 Å². The molecule has 2 N–H and O–H groups in total. The number of piperidine rings is 1. The van der Waals surface area contributed by atoms with Gasteiger partial charge in [-0.3, -0.25) is 4.79 Å². The summed E-state index contributed by atoms with van der Waals surface area (Å²) in [5.74, 6) is -0.525. The zero-order valence-corrected chi connectivity index (χ0v) is 15.2. The Hall–Kier alpha value is -1.90. The molecule has 0 unspecified atom stereocenters. The first-order valence-corrected chi connectivity index (χ1v) is 9.47. The number of hydrogen-bond donors (Lipinski definition) is 2. The molecule has 0 bridgehead atoms. The second-order valence-corrected chi connectivity index (χ2v) is 8.30. The van der Waals surface area contributed by atoms with Crippen molar-refractivity contribution in [2.24, 2.45) is 0 Å². The van der Waals surface area contributed by atoms with E-state index in [-0.39, 0.29) is 25.2 Å². The average molecular weight is 387 g/mol. The van der Waals surface area contributed by atoms with Crippen LogP contribution in [0.25, 0.3) is 11.0 Å². The van der Waals surface area contributed by atoms with Gasteiger partial charge in [0, 0.05) is 23.4 Å². The number of hydrogen-bond acceptors (Lipinski definition) is 6. The van der Waals surface area contributed by atoms with Gasteiger partial charge in [0.2, 0.25) is 5.91 Å². The molecular weight excluding hydrogens is 368 g/mol. The largest absolute Gasteiger partial charge is 0.423 e. The highest BCUT2D eigenvalue weighted by atomic mass is 35.5. The smallest absolute Gasteiger partial charge is 0.336 e. The van der Waals surface area contributed by atoms with Crippen molar-refractivity contribution in [3.8, 4) is 0 Å². The predicted molar refractivity (Wildman–Crippen MR) is 98.0 cm³/mol. The van der Waals surface area contributed by atoms with Crippen molar-refractivity contribution < 1.29 is 17.6 Å². The van der Waals surface area contributed by atoms with E-state index < -0.39 is 26.1 Å². The van der Waals surface area contributed by atoms with E-state index in [4.69, 9.17) is 4.42 Å². The summed E-state index contributed by atoms with van der Waals surface area (Å²) in [6.07, 6.45) is 1.58. The number of benzene rings is 1. The highest BCUT2D eigenvalue weighted by Crippen LogP contribution is 2.30. The number of rotatable bonds is 3. The molecule has 0 atom stereocenters. The number of sulfone groups is 1. The summed E-state index contributed by atoms with van der Waals surface area (Å²) >= 11 is 0. The monoisotopic (exact) mass is 386 g/mol. The van der Waals surface area contributed by atoms with Crippen molar-refractivity contribution in [1.29, 1.82) is 0 Å². The van der Waals surface area contributed by atoms with Crippen LogP contribution in [0.4, 0.5) is 5.69 Å². The number of anilines is 1. The van der Waals surface area contributed by atoms with Crippen molar-refractivity contribution in [2.45, 2.75) is 17.6 Å². The molecule has 0 aliphatic carbocycles. The van der Waals surface area contributed by atoms with E-state index in [1.807, 2.05) is 0 Å². The normalized spacial score (nSPS) is 16.8. The van der Waals surface area contributed by atoms with Crippen LogP contribution in [0.2, 0.25) is 0 Å². The number of amides is 1. The van der Waals surface area contributed by atoms with Crippen LogP contribution in [0, 0.1) is 0 Å². The Bertz CT molecular complexity index is 948. The maximum atomic E-state index is 12.7. The van der Waals surface area contributed by atoms with Gasteiger partial charge in [-0.15, -0.1) is 12.4 Å². The lowest BCUT2D eigenvalue weighted by Gasteiger charge is -2.34. The van der Waals surface area contributed by atoms with E-state index in [0.29, 0.717) is 29.7 Å². The highest BCUT2D eigenvalue weighted by molar-refractivity contribution is 7.92. The summed E-state index contributed by atoms with van der Waals surface area (Å²) in [7, 11) is -3.57. The first-order chi connectivity index (χ1) is 11.3. The Morgan fingerprint density at radius 2 is 1.88 bits per heavy atom. The lowest BCUT2D eigenvalue weighted by atomic mass is 9.95. The maximum absolute atomic E-state index is 12.7. The van der Waals surface area contributed by atoms with Gasteiger partial charge in [-0.1, -0.05) is 0 Å². The first-order valence-electron chi connectivity index (χ1n) is 7.58. The fourth-order valence-electron chi connectivity index (χ4n) is 2.99. The Kier molecular flexibility index (Phi) is 5.55. The second kappa shape index (κ2) is 7.15. The van der Waals surface area contributed by atoms with Crippen LogP contribution in [0.3, 0.4) is 0 Å². The van der Waals surface area contributed by atoms with Gasteiger partial charge in [-0.25, -0.2) is 13.2 Å². The minimum Gasteiger partial charge on any atom is -0.423 e.